The van der Waals surface area contributed by atoms with Gasteiger partial charge in [-0.25, -0.2) is 0 Å². The molecule has 1 amide bonds. The van der Waals surface area contributed by atoms with Crippen molar-refractivity contribution in [2.45, 2.75) is 13.0 Å². The zero-order valence-corrected chi connectivity index (χ0v) is 8.07. The van der Waals surface area contributed by atoms with Gasteiger partial charge >= 0.3 is 0 Å². The van der Waals surface area contributed by atoms with Crippen molar-refractivity contribution < 1.29 is 4.79 Å². The van der Waals surface area contributed by atoms with E-state index in [2.05, 4.69) is 6.58 Å². The van der Waals surface area contributed by atoms with Crippen molar-refractivity contribution in [2.75, 3.05) is 6.54 Å². The summed E-state index contributed by atoms with van der Waals surface area (Å²) < 4.78 is 0. The van der Waals surface area contributed by atoms with Crippen molar-refractivity contribution in [3.8, 4) is 0 Å². The number of benzene rings is 1. The molecule has 0 atom stereocenters. The third-order valence-corrected chi connectivity index (χ3v) is 2.38. The second kappa shape index (κ2) is 3.66. The molecule has 1 fully saturated rings. The molecule has 0 N–H and O–H groups in total. The van der Waals surface area contributed by atoms with E-state index in [4.69, 9.17) is 0 Å². The van der Waals surface area contributed by atoms with E-state index in [1.54, 1.807) is 0 Å². The number of hydrogen-bond donors (Lipinski definition) is 0. The molecule has 0 bridgehead atoms. The van der Waals surface area contributed by atoms with Gasteiger partial charge in [-0.2, -0.15) is 0 Å². The Bertz CT molecular complexity index is 356. The molecular formula is C12H13NO. The van der Waals surface area contributed by atoms with Gasteiger partial charge in [0.15, 0.2) is 0 Å². The summed E-state index contributed by atoms with van der Waals surface area (Å²) in [5.74, 6) is 0.193. The van der Waals surface area contributed by atoms with Gasteiger partial charge < -0.3 is 4.90 Å². The molecule has 0 spiro atoms. The van der Waals surface area contributed by atoms with Crippen LogP contribution in [-0.2, 0) is 11.3 Å². The molecule has 1 aliphatic heterocycles. The van der Waals surface area contributed by atoms with E-state index in [9.17, 15) is 4.79 Å². The summed E-state index contributed by atoms with van der Waals surface area (Å²) in [4.78, 5) is 13.3. The normalized spacial score (nSPS) is 16.4. The topological polar surface area (TPSA) is 20.3 Å². The highest BCUT2D eigenvalue weighted by Gasteiger charge is 2.22. The number of amides is 1. The maximum atomic E-state index is 11.5. The summed E-state index contributed by atoms with van der Waals surface area (Å²) in [6.45, 7) is 5.26. The molecule has 2 heteroatoms. The van der Waals surface area contributed by atoms with Gasteiger partial charge in [0.2, 0.25) is 5.91 Å². The van der Waals surface area contributed by atoms with Crippen molar-refractivity contribution in [3.63, 3.8) is 0 Å². The number of carbonyl (C=O) groups is 1. The Hall–Kier alpha value is -1.57. The van der Waals surface area contributed by atoms with E-state index in [0.29, 0.717) is 19.5 Å². The minimum Gasteiger partial charge on any atom is -0.334 e. The molecule has 1 aromatic carbocycles. The molecule has 1 aromatic rings. The van der Waals surface area contributed by atoms with Gasteiger partial charge in [-0.15, -0.1) is 0 Å². The van der Waals surface area contributed by atoms with E-state index in [-0.39, 0.29) is 5.91 Å². The average Bonchev–Trinajstić information content (AvgIpc) is 2.47. The van der Waals surface area contributed by atoms with E-state index in [1.165, 1.54) is 5.56 Å². The Morgan fingerprint density at radius 1 is 1.29 bits per heavy atom. The van der Waals surface area contributed by atoms with Crippen molar-refractivity contribution in [1.29, 1.82) is 0 Å². The van der Waals surface area contributed by atoms with Crippen LogP contribution in [0.5, 0.6) is 0 Å². The van der Waals surface area contributed by atoms with Crippen LogP contribution in [0.1, 0.15) is 12.0 Å². The largest absolute Gasteiger partial charge is 0.334 e. The average molecular weight is 187 g/mol. The van der Waals surface area contributed by atoms with Crippen LogP contribution in [0.3, 0.4) is 0 Å². The van der Waals surface area contributed by atoms with Crippen LogP contribution < -0.4 is 0 Å². The minimum absolute atomic E-state index is 0.193. The maximum absolute atomic E-state index is 11.5. The smallest absolute Gasteiger partial charge is 0.227 e. The number of nitrogens with zero attached hydrogens (tertiary/aromatic N) is 1. The lowest BCUT2D eigenvalue weighted by atomic mass is 10.2. The molecule has 0 radical (unpaired) electrons. The summed E-state index contributed by atoms with van der Waals surface area (Å²) in [5.41, 5.74) is 2.20. The molecule has 1 heterocycles. The lowest BCUT2D eigenvalue weighted by Gasteiger charge is -2.14. The molecule has 0 unspecified atom stereocenters. The molecule has 14 heavy (non-hydrogen) atoms. The number of hydrogen-bond acceptors (Lipinski definition) is 1. The van der Waals surface area contributed by atoms with Crippen LogP contribution in [0.15, 0.2) is 42.5 Å². The molecule has 0 aliphatic carbocycles. The summed E-state index contributed by atoms with van der Waals surface area (Å²) >= 11 is 0. The summed E-state index contributed by atoms with van der Waals surface area (Å²) in [6, 6.07) is 10.0. The third-order valence-electron chi connectivity index (χ3n) is 2.38. The maximum Gasteiger partial charge on any atom is 0.227 e. The number of carbonyl (C=O) groups excluding carboxylic acids is 1. The van der Waals surface area contributed by atoms with Crippen LogP contribution in [0.25, 0.3) is 0 Å². The van der Waals surface area contributed by atoms with Gasteiger partial charge in [0.25, 0.3) is 0 Å². The second-order valence-corrected chi connectivity index (χ2v) is 3.66. The first kappa shape index (κ1) is 9.00. The van der Waals surface area contributed by atoms with E-state index >= 15 is 0 Å². The van der Waals surface area contributed by atoms with Gasteiger partial charge in [-0.1, -0.05) is 36.9 Å². The first-order valence-electron chi connectivity index (χ1n) is 4.74. The first-order valence-corrected chi connectivity index (χ1v) is 4.74. The van der Waals surface area contributed by atoms with Crippen molar-refractivity contribution in [1.82, 2.24) is 4.90 Å². The standard InChI is InChI=1S/C12H13NO/c1-10-7-12(14)13(8-10)9-11-5-3-2-4-6-11/h2-6H,1,7-9H2. The van der Waals surface area contributed by atoms with Gasteiger partial charge in [0.05, 0.1) is 0 Å². The van der Waals surface area contributed by atoms with Crippen molar-refractivity contribution >= 4 is 5.91 Å². The zero-order chi connectivity index (χ0) is 9.97. The molecule has 2 rings (SSSR count). The van der Waals surface area contributed by atoms with E-state index in [0.717, 1.165) is 5.57 Å². The lowest BCUT2D eigenvalue weighted by Crippen LogP contribution is -2.23. The molecule has 0 saturated carbocycles. The second-order valence-electron chi connectivity index (χ2n) is 3.66. The SMILES string of the molecule is C=C1CC(=O)N(Cc2ccccc2)C1. The predicted molar refractivity (Wildman–Crippen MR) is 55.6 cm³/mol. The van der Waals surface area contributed by atoms with Crippen LogP contribution in [0.4, 0.5) is 0 Å². The Balaban J connectivity index is 2.05. The van der Waals surface area contributed by atoms with Crippen molar-refractivity contribution in [3.05, 3.63) is 48.0 Å². The Kier molecular flexibility index (Phi) is 2.35. The molecular weight excluding hydrogens is 174 g/mol. The Morgan fingerprint density at radius 2 is 2.00 bits per heavy atom. The Morgan fingerprint density at radius 3 is 2.57 bits per heavy atom. The van der Waals surface area contributed by atoms with Gasteiger partial charge in [-0.05, 0) is 11.1 Å². The fourth-order valence-electron chi connectivity index (χ4n) is 1.69. The van der Waals surface area contributed by atoms with Crippen molar-refractivity contribution in [2.24, 2.45) is 0 Å². The highest BCUT2D eigenvalue weighted by molar-refractivity contribution is 5.82. The van der Waals surface area contributed by atoms with Crippen LogP contribution in [0, 0.1) is 0 Å². The zero-order valence-electron chi connectivity index (χ0n) is 8.07. The minimum atomic E-state index is 0.193. The number of rotatable bonds is 2. The fourth-order valence-corrected chi connectivity index (χ4v) is 1.69. The molecule has 2 nitrogen and oxygen atoms in total. The van der Waals surface area contributed by atoms with E-state index < -0.39 is 0 Å². The van der Waals surface area contributed by atoms with Gasteiger partial charge in [0.1, 0.15) is 0 Å². The van der Waals surface area contributed by atoms with Gasteiger partial charge in [-0.3, -0.25) is 4.79 Å². The third kappa shape index (κ3) is 1.84. The highest BCUT2D eigenvalue weighted by Crippen LogP contribution is 2.17. The predicted octanol–water partition coefficient (Wildman–Crippen LogP) is 1.98. The Labute approximate surface area is 83.8 Å². The first-order chi connectivity index (χ1) is 6.75. The molecule has 72 valence electrons. The lowest BCUT2D eigenvalue weighted by molar-refractivity contribution is -0.128. The number of likely N-dealkylation sites (tertiary alicyclic amines) is 1. The quantitative estimate of drug-likeness (QED) is 0.648. The van der Waals surface area contributed by atoms with Crippen LogP contribution in [0.2, 0.25) is 0 Å². The summed E-state index contributed by atoms with van der Waals surface area (Å²) in [5, 5.41) is 0. The summed E-state index contributed by atoms with van der Waals surface area (Å²) in [7, 11) is 0. The molecule has 1 aliphatic rings. The van der Waals surface area contributed by atoms with Crippen LogP contribution in [-0.4, -0.2) is 17.4 Å². The molecule has 1 saturated heterocycles. The molecule has 0 aromatic heterocycles. The fraction of sp³-hybridized carbons (Fsp3) is 0.250. The van der Waals surface area contributed by atoms with E-state index in [1.807, 2.05) is 35.2 Å². The van der Waals surface area contributed by atoms with Gasteiger partial charge in [0, 0.05) is 19.5 Å². The van der Waals surface area contributed by atoms with Crippen LogP contribution >= 0.6 is 0 Å². The highest BCUT2D eigenvalue weighted by atomic mass is 16.2. The summed E-state index contributed by atoms with van der Waals surface area (Å²) in [6.07, 6.45) is 0.521. The monoisotopic (exact) mass is 187 g/mol.